The number of carbonyl (C=O) groups excluding carboxylic acids is 1. The summed E-state index contributed by atoms with van der Waals surface area (Å²) < 4.78 is 0. The average Bonchev–Trinajstić information content (AvgIpc) is 2.98. The van der Waals surface area contributed by atoms with Crippen molar-refractivity contribution in [1.29, 1.82) is 0 Å². The maximum Gasteiger partial charge on any atom is 0.222 e. The fourth-order valence-electron chi connectivity index (χ4n) is 5.45. The largest absolute Gasteiger partial charge is 0.394 e. The standard InChI is InChI=1S/C37H71NO4/c1-3-5-7-9-11-13-15-16-17-18-19-20-21-22-24-26-28-30-34(40)32-37(42)38-35(33-39)36(41)31-29-27-25-23-14-12-10-8-6-4-2/h11,13,15-16,34-36,39-41H,3-10,12,14,17-33H2,1-2H3,(H,38,42)/b13-11-,16-15-. The first-order valence-corrected chi connectivity index (χ1v) is 18.1. The Morgan fingerprint density at radius 1 is 0.595 bits per heavy atom. The second-order valence-electron chi connectivity index (χ2n) is 12.5. The van der Waals surface area contributed by atoms with Crippen molar-refractivity contribution in [2.24, 2.45) is 0 Å². The predicted octanol–water partition coefficient (Wildman–Crippen LogP) is 9.48. The SMILES string of the molecule is CCCCC/C=C\C=C/CCCCCCCCCCC(O)CC(=O)NC(CO)C(O)CCCCCCCCCCCC. The van der Waals surface area contributed by atoms with E-state index in [0.717, 1.165) is 25.7 Å². The van der Waals surface area contributed by atoms with Crippen LogP contribution in [0.4, 0.5) is 0 Å². The van der Waals surface area contributed by atoms with E-state index >= 15 is 0 Å². The molecule has 5 heteroatoms. The van der Waals surface area contributed by atoms with Crippen LogP contribution < -0.4 is 5.32 Å². The molecule has 248 valence electrons. The third-order valence-corrected chi connectivity index (χ3v) is 8.30. The topological polar surface area (TPSA) is 89.8 Å². The van der Waals surface area contributed by atoms with Crippen LogP contribution in [0.15, 0.2) is 24.3 Å². The van der Waals surface area contributed by atoms with Gasteiger partial charge in [-0.2, -0.15) is 0 Å². The minimum Gasteiger partial charge on any atom is -0.394 e. The van der Waals surface area contributed by atoms with Gasteiger partial charge in [-0.25, -0.2) is 0 Å². The van der Waals surface area contributed by atoms with E-state index in [-0.39, 0.29) is 18.9 Å². The molecule has 0 aromatic rings. The van der Waals surface area contributed by atoms with Crippen molar-refractivity contribution in [3.63, 3.8) is 0 Å². The van der Waals surface area contributed by atoms with E-state index in [1.807, 2.05) is 0 Å². The molecule has 3 atom stereocenters. The van der Waals surface area contributed by atoms with Gasteiger partial charge in [-0.05, 0) is 38.5 Å². The monoisotopic (exact) mass is 594 g/mol. The van der Waals surface area contributed by atoms with Crippen molar-refractivity contribution in [3.05, 3.63) is 24.3 Å². The lowest BCUT2D eigenvalue weighted by molar-refractivity contribution is -0.125. The Morgan fingerprint density at radius 3 is 1.50 bits per heavy atom. The van der Waals surface area contributed by atoms with Gasteiger partial charge in [0.15, 0.2) is 0 Å². The molecular formula is C37H71NO4. The first-order chi connectivity index (χ1) is 20.5. The number of nitrogens with one attached hydrogen (secondary N) is 1. The number of aliphatic hydroxyl groups excluding tert-OH is 3. The first-order valence-electron chi connectivity index (χ1n) is 18.1. The zero-order chi connectivity index (χ0) is 30.9. The Balaban J connectivity index is 3.68. The first kappa shape index (κ1) is 40.8. The molecule has 0 saturated carbocycles. The molecule has 0 fully saturated rings. The van der Waals surface area contributed by atoms with Crippen LogP contribution in [0.5, 0.6) is 0 Å². The zero-order valence-corrected chi connectivity index (χ0v) is 27.9. The highest BCUT2D eigenvalue weighted by Gasteiger charge is 2.21. The highest BCUT2D eigenvalue weighted by atomic mass is 16.3. The average molecular weight is 594 g/mol. The number of unbranched alkanes of at least 4 members (excludes halogenated alkanes) is 20. The van der Waals surface area contributed by atoms with E-state index in [0.29, 0.717) is 12.8 Å². The molecule has 4 N–H and O–H groups in total. The van der Waals surface area contributed by atoms with Crippen LogP contribution in [0.3, 0.4) is 0 Å². The van der Waals surface area contributed by atoms with E-state index in [1.165, 1.54) is 122 Å². The molecule has 42 heavy (non-hydrogen) atoms. The van der Waals surface area contributed by atoms with E-state index in [2.05, 4.69) is 43.5 Å². The van der Waals surface area contributed by atoms with E-state index < -0.39 is 18.2 Å². The van der Waals surface area contributed by atoms with Crippen molar-refractivity contribution in [3.8, 4) is 0 Å². The number of amides is 1. The number of allylic oxidation sites excluding steroid dienone is 4. The molecule has 0 aromatic heterocycles. The van der Waals surface area contributed by atoms with Crippen LogP contribution in [0.2, 0.25) is 0 Å². The second kappa shape index (κ2) is 32.7. The van der Waals surface area contributed by atoms with Crippen LogP contribution in [0.25, 0.3) is 0 Å². The van der Waals surface area contributed by atoms with Crippen molar-refractivity contribution in [2.45, 2.75) is 199 Å². The summed E-state index contributed by atoms with van der Waals surface area (Å²) in [5.74, 6) is -0.290. The molecule has 0 saturated heterocycles. The van der Waals surface area contributed by atoms with Crippen molar-refractivity contribution >= 4 is 5.91 Å². The van der Waals surface area contributed by atoms with Crippen LogP contribution >= 0.6 is 0 Å². The molecule has 0 rings (SSSR count). The van der Waals surface area contributed by atoms with Crippen molar-refractivity contribution in [1.82, 2.24) is 5.32 Å². The molecule has 0 aromatic carbocycles. The highest BCUT2D eigenvalue weighted by Crippen LogP contribution is 2.15. The maximum atomic E-state index is 12.4. The summed E-state index contributed by atoms with van der Waals surface area (Å²) in [6.45, 7) is 4.20. The lowest BCUT2D eigenvalue weighted by Gasteiger charge is -2.23. The third kappa shape index (κ3) is 28.9. The van der Waals surface area contributed by atoms with Crippen LogP contribution in [0, 0.1) is 0 Å². The van der Waals surface area contributed by atoms with Crippen molar-refractivity contribution < 1.29 is 20.1 Å². The van der Waals surface area contributed by atoms with Gasteiger partial charge in [0, 0.05) is 0 Å². The Bertz CT molecular complexity index is 621. The number of rotatable bonds is 32. The fourth-order valence-corrected chi connectivity index (χ4v) is 5.45. The number of hydrogen-bond donors (Lipinski definition) is 4. The summed E-state index contributed by atoms with van der Waals surface area (Å²) in [4.78, 5) is 12.4. The van der Waals surface area contributed by atoms with Crippen LogP contribution in [-0.4, -0.2) is 46.1 Å². The molecule has 1 amide bonds. The molecule has 0 radical (unpaired) electrons. The lowest BCUT2D eigenvalue weighted by atomic mass is 10.0. The molecule has 0 bridgehead atoms. The van der Waals surface area contributed by atoms with Gasteiger partial charge in [-0.3, -0.25) is 4.79 Å². The number of hydrogen-bond acceptors (Lipinski definition) is 4. The number of carbonyl (C=O) groups is 1. The Labute approximate surface area is 261 Å². The third-order valence-electron chi connectivity index (χ3n) is 8.30. The summed E-state index contributed by atoms with van der Waals surface area (Å²) >= 11 is 0. The lowest BCUT2D eigenvalue weighted by Crippen LogP contribution is -2.46. The van der Waals surface area contributed by atoms with Gasteiger partial charge in [0.1, 0.15) is 0 Å². The normalized spacial score (nSPS) is 14.1. The predicted molar refractivity (Wildman–Crippen MR) is 181 cm³/mol. The fraction of sp³-hybridized carbons (Fsp3) is 0.865. The van der Waals surface area contributed by atoms with E-state index in [1.54, 1.807) is 0 Å². The minimum absolute atomic E-state index is 0.0323. The maximum absolute atomic E-state index is 12.4. The van der Waals surface area contributed by atoms with E-state index in [4.69, 9.17) is 0 Å². The van der Waals surface area contributed by atoms with Crippen molar-refractivity contribution in [2.75, 3.05) is 6.61 Å². The summed E-state index contributed by atoms with van der Waals surface area (Å²) in [5.41, 5.74) is 0. The molecule has 0 heterocycles. The second-order valence-corrected chi connectivity index (χ2v) is 12.5. The van der Waals surface area contributed by atoms with Gasteiger partial charge < -0.3 is 20.6 Å². The molecule has 0 aliphatic heterocycles. The van der Waals surface area contributed by atoms with Gasteiger partial charge in [0.2, 0.25) is 5.91 Å². The quantitative estimate of drug-likeness (QED) is 0.0462. The molecule has 5 nitrogen and oxygen atoms in total. The minimum atomic E-state index is -0.746. The van der Waals surface area contributed by atoms with E-state index in [9.17, 15) is 20.1 Å². The van der Waals surface area contributed by atoms with Gasteiger partial charge in [0.25, 0.3) is 0 Å². The number of aliphatic hydroxyl groups is 3. The van der Waals surface area contributed by atoms with Gasteiger partial charge in [-0.1, -0.05) is 160 Å². The Kier molecular flexibility index (Phi) is 31.8. The van der Waals surface area contributed by atoms with Crippen LogP contribution in [-0.2, 0) is 4.79 Å². The summed E-state index contributed by atoms with van der Waals surface area (Å²) in [6, 6.07) is -0.656. The van der Waals surface area contributed by atoms with Gasteiger partial charge in [-0.15, -0.1) is 0 Å². The van der Waals surface area contributed by atoms with Crippen LogP contribution in [0.1, 0.15) is 181 Å². The summed E-state index contributed by atoms with van der Waals surface area (Å²) in [6.07, 6.45) is 36.9. The van der Waals surface area contributed by atoms with Gasteiger partial charge >= 0.3 is 0 Å². The highest BCUT2D eigenvalue weighted by molar-refractivity contribution is 5.76. The zero-order valence-electron chi connectivity index (χ0n) is 27.9. The molecule has 0 aliphatic rings. The smallest absolute Gasteiger partial charge is 0.222 e. The molecule has 3 unspecified atom stereocenters. The Hall–Kier alpha value is -1.17. The molecule has 0 aliphatic carbocycles. The molecular weight excluding hydrogens is 522 g/mol. The summed E-state index contributed by atoms with van der Waals surface area (Å²) in [5, 5.41) is 33.1. The summed E-state index contributed by atoms with van der Waals surface area (Å²) in [7, 11) is 0. The van der Waals surface area contributed by atoms with Gasteiger partial charge in [0.05, 0.1) is 31.3 Å². The molecule has 0 spiro atoms. The Morgan fingerprint density at radius 2 is 1.00 bits per heavy atom.